The third-order valence-electron chi connectivity index (χ3n) is 11.7. The number of amides is 2. The number of nitrogens with one attached hydrogen (secondary N) is 1. The number of alkyl halides is 8. The lowest BCUT2D eigenvalue weighted by atomic mass is 9.93. The summed E-state index contributed by atoms with van der Waals surface area (Å²) >= 11 is 6.57. The summed E-state index contributed by atoms with van der Waals surface area (Å²) in [5.74, 6) is -9.55. The number of rotatable bonds is 15. The van der Waals surface area contributed by atoms with Crippen molar-refractivity contribution in [1.29, 1.82) is 0 Å². The van der Waals surface area contributed by atoms with Crippen LogP contribution in [-0.2, 0) is 75.3 Å². The van der Waals surface area contributed by atoms with Gasteiger partial charge in [0, 0.05) is 47.1 Å². The summed E-state index contributed by atoms with van der Waals surface area (Å²) in [6, 6.07) is 4.27. The van der Waals surface area contributed by atoms with Crippen molar-refractivity contribution in [1.82, 2.24) is 29.9 Å². The molecule has 0 radical (unpaired) electrons. The first-order valence-electron chi connectivity index (χ1n) is 21.5. The summed E-state index contributed by atoms with van der Waals surface area (Å²) in [5, 5.41) is 16.9. The number of nitrogens with zero attached hydrogens (tertiary/aromatic N) is 6. The fourth-order valence-corrected chi connectivity index (χ4v) is 9.40. The molecule has 3 aromatic heterocycles. The molecule has 0 unspecified atom stereocenters. The molecule has 3 heterocycles. The average molecular weight is 1140 g/mol. The normalized spacial score (nSPS) is 16.6. The van der Waals surface area contributed by atoms with E-state index in [4.69, 9.17) is 21.4 Å². The number of hydrogen-bond donors (Lipinski definition) is 2. The maximum atomic E-state index is 15.6. The number of carboxylic acids is 1. The highest BCUT2D eigenvalue weighted by atomic mass is 35.5. The highest BCUT2D eigenvalue weighted by molar-refractivity contribution is 7.93. The molecule has 76 heavy (non-hydrogen) atoms. The number of aromatic nitrogens is 5. The standard InChI is InChI=1S/C45H36ClF10N7O11S2/c1-42(2,75(3,69)70)12-11-24-5-6-25(26-7-8-29(46)35-37(26)62(19-43(49,50)51)60-40(35)63(76(4,71)72)41(68)74-20-73-33(67)10-9-32(65)66)36(57-24)30(15-21-13-22(47)16-23(48)14-21)58-31(64)18-61-39-34(38(59-61)45(54,55)56)27-17-28(27)44(39,52)53/h5-10,13-14,16,27-28,30H,15,17-20H2,1-4H3,(H,58,64)(H,65,66)/b10-9+/t27-,28+,30-/m0/s1. The summed E-state index contributed by atoms with van der Waals surface area (Å²) in [4.78, 5) is 54.8. The van der Waals surface area contributed by atoms with E-state index in [0.717, 1.165) is 42.7 Å². The van der Waals surface area contributed by atoms with E-state index in [1.807, 2.05) is 0 Å². The van der Waals surface area contributed by atoms with Crippen molar-refractivity contribution >= 4 is 72.1 Å². The summed E-state index contributed by atoms with van der Waals surface area (Å²) < 4.78 is 206. The van der Waals surface area contributed by atoms with Crippen molar-refractivity contribution < 1.29 is 94.5 Å². The molecule has 2 aliphatic carbocycles. The van der Waals surface area contributed by atoms with Gasteiger partial charge in [-0.05, 0) is 74.4 Å². The van der Waals surface area contributed by atoms with Crippen molar-refractivity contribution in [2.24, 2.45) is 5.92 Å². The number of sulfonamides is 1. The van der Waals surface area contributed by atoms with Crippen LogP contribution in [0.25, 0.3) is 22.0 Å². The van der Waals surface area contributed by atoms with E-state index in [2.05, 4.69) is 37.1 Å². The van der Waals surface area contributed by atoms with Gasteiger partial charge in [0.1, 0.15) is 40.9 Å². The molecule has 7 rings (SSSR count). The SMILES string of the molecule is CC(C)(C#Cc1ccc(-c2ccc(Cl)c3c(N(C(=O)OCOC(=O)/C=C/C(=O)O)S(C)(=O)=O)nn(CC(F)(F)F)c23)c([C@H](Cc2cc(F)cc(F)c2)NC(=O)Cn2nc(C(F)(F)F)c3c2C(F)(F)[C@@H]2C[C@H]32)n1)S(C)(=O)=O. The Hall–Kier alpha value is -7.26. The van der Waals surface area contributed by atoms with Crippen LogP contribution < -0.4 is 9.62 Å². The second kappa shape index (κ2) is 20.0. The number of hydrogen-bond acceptors (Lipinski definition) is 13. The van der Waals surface area contributed by atoms with Gasteiger partial charge in [-0.1, -0.05) is 23.6 Å². The van der Waals surface area contributed by atoms with E-state index < -0.39 is 178 Å². The molecular formula is C45H36ClF10N7O11S2. The van der Waals surface area contributed by atoms with Crippen LogP contribution in [0.2, 0.25) is 5.02 Å². The minimum atomic E-state index is -5.26. The number of halogens is 11. The number of esters is 1. The number of pyridine rings is 1. The third-order valence-corrected chi connectivity index (χ3v) is 15.0. The fraction of sp³-hybridized carbons (Fsp3) is 0.356. The largest absolute Gasteiger partial charge is 0.478 e. The van der Waals surface area contributed by atoms with E-state index in [1.54, 1.807) is 0 Å². The molecule has 0 bridgehead atoms. The van der Waals surface area contributed by atoms with Crippen LogP contribution in [0.3, 0.4) is 0 Å². The molecule has 2 aliphatic rings. The third kappa shape index (κ3) is 11.9. The van der Waals surface area contributed by atoms with Crippen LogP contribution in [0.5, 0.6) is 0 Å². The zero-order chi connectivity index (χ0) is 56.4. The van der Waals surface area contributed by atoms with Gasteiger partial charge in [0.15, 0.2) is 21.3 Å². The zero-order valence-electron chi connectivity index (χ0n) is 39.2. The zero-order valence-corrected chi connectivity index (χ0v) is 41.5. The van der Waals surface area contributed by atoms with Gasteiger partial charge in [0.25, 0.3) is 5.92 Å². The number of anilines is 1. The van der Waals surface area contributed by atoms with Gasteiger partial charge >= 0.3 is 30.4 Å². The molecular weight excluding hydrogens is 1100 g/mol. The number of benzene rings is 2. The van der Waals surface area contributed by atoms with Crippen molar-refractivity contribution in [3.05, 3.63) is 105 Å². The summed E-state index contributed by atoms with van der Waals surface area (Å²) in [5.41, 5.74) is -6.50. The van der Waals surface area contributed by atoms with Gasteiger partial charge < -0.3 is 19.9 Å². The van der Waals surface area contributed by atoms with Crippen LogP contribution in [0.15, 0.2) is 54.6 Å². The molecule has 18 nitrogen and oxygen atoms in total. The molecule has 1 saturated carbocycles. The van der Waals surface area contributed by atoms with Crippen molar-refractivity contribution in [2.45, 2.75) is 74.8 Å². The molecule has 2 N–H and O–H groups in total. The molecule has 5 aromatic rings. The highest BCUT2D eigenvalue weighted by Crippen LogP contribution is 2.68. The Balaban J connectivity index is 1.45. The van der Waals surface area contributed by atoms with Crippen molar-refractivity contribution in [2.75, 3.05) is 23.6 Å². The molecule has 1 fully saturated rings. The Morgan fingerprint density at radius 2 is 1.59 bits per heavy atom. The first-order valence-corrected chi connectivity index (χ1v) is 25.7. The predicted octanol–water partition coefficient (Wildman–Crippen LogP) is 7.34. The van der Waals surface area contributed by atoms with Gasteiger partial charge in [-0.25, -0.2) is 45.0 Å². The van der Waals surface area contributed by atoms with E-state index >= 15 is 8.78 Å². The number of carbonyl (C=O) groups excluding carboxylic acids is 3. The predicted molar refractivity (Wildman–Crippen MR) is 244 cm³/mol. The lowest BCUT2D eigenvalue weighted by molar-refractivity contribution is -0.146. The topological polar surface area (TPSA) is 239 Å². The average Bonchev–Trinajstić information content (AvgIpc) is 3.79. The number of ether oxygens (including phenoxy) is 2. The van der Waals surface area contributed by atoms with Gasteiger partial charge in [0.2, 0.25) is 22.7 Å². The monoisotopic (exact) mass is 1140 g/mol. The smallest absolute Gasteiger partial charge is 0.435 e. The van der Waals surface area contributed by atoms with E-state index in [-0.39, 0.29) is 31.3 Å². The lowest BCUT2D eigenvalue weighted by Crippen LogP contribution is -2.37. The quantitative estimate of drug-likeness (QED) is 0.0343. The number of fused-ring (bicyclic) bond motifs is 4. The first-order chi connectivity index (χ1) is 35.0. The Morgan fingerprint density at radius 1 is 0.947 bits per heavy atom. The van der Waals surface area contributed by atoms with Crippen LogP contribution in [0.1, 0.15) is 66.1 Å². The minimum absolute atomic E-state index is 0.136. The van der Waals surface area contributed by atoms with E-state index in [1.165, 1.54) is 13.8 Å². The van der Waals surface area contributed by atoms with Gasteiger partial charge in [0.05, 0.1) is 33.9 Å². The summed E-state index contributed by atoms with van der Waals surface area (Å²) in [6.45, 7) is -2.44. The Morgan fingerprint density at radius 3 is 2.18 bits per heavy atom. The molecule has 2 aromatic carbocycles. The van der Waals surface area contributed by atoms with E-state index in [9.17, 15) is 71.1 Å². The Kier molecular flexibility index (Phi) is 14.9. The van der Waals surface area contributed by atoms with Gasteiger partial charge in [-0.3, -0.25) is 14.2 Å². The van der Waals surface area contributed by atoms with Crippen LogP contribution >= 0.6 is 11.6 Å². The number of carboxylic acid groups (broad SMARTS) is 1. The Labute approximate surface area is 427 Å². The van der Waals surface area contributed by atoms with Crippen molar-refractivity contribution in [3.8, 4) is 23.0 Å². The highest BCUT2D eigenvalue weighted by Gasteiger charge is 2.68. The molecule has 2 amide bonds. The number of sulfone groups is 1. The molecule has 31 heteroatoms. The fourth-order valence-electron chi connectivity index (χ4n) is 8.16. The summed E-state index contributed by atoms with van der Waals surface area (Å²) in [6.07, 6.45) is -11.6. The maximum Gasteiger partial charge on any atom is 0.435 e. The molecule has 406 valence electrons. The van der Waals surface area contributed by atoms with Crippen LogP contribution in [0, 0.1) is 29.4 Å². The lowest BCUT2D eigenvalue weighted by Gasteiger charge is -2.23. The first kappa shape index (κ1) is 56.5. The van der Waals surface area contributed by atoms with Gasteiger partial charge in [-0.2, -0.15) is 49.6 Å². The van der Waals surface area contributed by atoms with Crippen molar-refractivity contribution in [3.63, 3.8) is 0 Å². The number of aliphatic carboxylic acids is 1. The van der Waals surface area contributed by atoms with E-state index in [0.29, 0.717) is 24.5 Å². The maximum absolute atomic E-state index is 15.6. The summed E-state index contributed by atoms with van der Waals surface area (Å²) in [7, 11) is -9.00. The second-order valence-corrected chi connectivity index (χ2v) is 22.5. The van der Waals surface area contributed by atoms with Crippen LogP contribution in [0.4, 0.5) is 54.5 Å². The molecule has 0 spiro atoms. The Bertz CT molecular complexity index is 3550. The molecule has 0 saturated heterocycles. The number of carbonyl (C=O) groups is 4. The second-order valence-electron chi connectivity index (χ2n) is 17.7. The molecule has 3 atom stereocenters. The van der Waals surface area contributed by atoms with Crippen LogP contribution in [-0.4, -0.2) is 101 Å². The minimum Gasteiger partial charge on any atom is -0.478 e. The van der Waals surface area contributed by atoms with Gasteiger partial charge in [-0.15, -0.1) is 0 Å². The molecule has 0 aliphatic heterocycles.